The first-order chi connectivity index (χ1) is 16.3. The van der Waals surface area contributed by atoms with Gasteiger partial charge in [-0.3, -0.25) is 0 Å². The van der Waals surface area contributed by atoms with Gasteiger partial charge in [0.2, 0.25) is 0 Å². The molecular weight excluding hydrogens is 460 g/mol. The molecule has 0 fully saturated rings. The van der Waals surface area contributed by atoms with Crippen molar-refractivity contribution < 1.29 is 19.1 Å². The van der Waals surface area contributed by atoms with Crippen LogP contribution >= 0.6 is 11.6 Å². The van der Waals surface area contributed by atoms with Gasteiger partial charge in [-0.2, -0.15) is 10.2 Å². The summed E-state index contributed by atoms with van der Waals surface area (Å²) >= 11 is 6.31. The lowest BCUT2D eigenvalue weighted by Gasteiger charge is -2.09. The third-order valence-corrected chi connectivity index (χ3v) is 5.42. The minimum atomic E-state index is -0.569. The van der Waals surface area contributed by atoms with Gasteiger partial charge in [0.15, 0.2) is 11.3 Å². The van der Waals surface area contributed by atoms with Gasteiger partial charge >= 0.3 is 11.9 Å². The van der Waals surface area contributed by atoms with E-state index >= 15 is 0 Å². The number of allylic oxidation sites excluding steroid dienone is 1. The number of hydrogen-bond acceptors (Lipinski definition) is 8. The van der Waals surface area contributed by atoms with Gasteiger partial charge in [0.05, 0.1) is 55.0 Å². The predicted molar refractivity (Wildman–Crippen MR) is 125 cm³/mol. The Labute approximate surface area is 200 Å². The second-order valence-electron chi connectivity index (χ2n) is 7.70. The van der Waals surface area contributed by atoms with Crippen LogP contribution in [0.1, 0.15) is 57.9 Å². The number of aromatic nitrogens is 6. The molecule has 34 heavy (non-hydrogen) atoms. The first-order valence-corrected chi connectivity index (χ1v) is 11.1. The maximum Gasteiger partial charge on any atom is 0.341 e. The van der Waals surface area contributed by atoms with E-state index in [2.05, 4.69) is 26.7 Å². The van der Waals surface area contributed by atoms with E-state index in [0.717, 1.165) is 11.4 Å². The zero-order valence-electron chi connectivity index (χ0n) is 19.0. The van der Waals surface area contributed by atoms with Crippen LogP contribution < -0.4 is 0 Å². The molecule has 4 aromatic rings. The standard InChI is InChI=1S/C23H23ClN6O4/c1-5-33-22(31)16-9-25-30-12-15(28-20(30)18(16)13(2)3)7-6-8-34-23(32)17-10-26-29-11-14(4)27-21(29)19(17)24/h9-12H,2,5-8H2,1,3-4H3. The third kappa shape index (κ3) is 4.49. The van der Waals surface area contributed by atoms with Crippen LogP contribution in [0.15, 0.2) is 31.4 Å². The maximum atomic E-state index is 12.5. The number of nitrogens with zero attached hydrogens (tertiary/aromatic N) is 6. The summed E-state index contributed by atoms with van der Waals surface area (Å²) in [6, 6.07) is 0. The molecule has 0 aliphatic heterocycles. The van der Waals surface area contributed by atoms with Crippen molar-refractivity contribution in [1.29, 1.82) is 0 Å². The fourth-order valence-corrected chi connectivity index (χ4v) is 3.80. The molecule has 0 radical (unpaired) electrons. The van der Waals surface area contributed by atoms with Crippen molar-refractivity contribution in [1.82, 2.24) is 29.2 Å². The smallest absolute Gasteiger partial charge is 0.341 e. The topological polar surface area (TPSA) is 113 Å². The molecule has 0 amide bonds. The molecule has 0 aliphatic rings. The summed E-state index contributed by atoms with van der Waals surface area (Å²) in [5.41, 5.74) is 4.16. The Morgan fingerprint density at radius 3 is 2.41 bits per heavy atom. The Morgan fingerprint density at radius 2 is 1.71 bits per heavy atom. The lowest BCUT2D eigenvalue weighted by Crippen LogP contribution is -2.10. The number of halogens is 1. The monoisotopic (exact) mass is 482 g/mol. The summed E-state index contributed by atoms with van der Waals surface area (Å²) in [7, 11) is 0. The van der Waals surface area contributed by atoms with Gasteiger partial charge in [0, 0.05) is 5.56 Å². The van der Waals surface area contributed by atoms with Crippen molar-refractivity contribution in [3.63, 3.8) is 0 Å². The summed E-state index contributed by atoms with van der Waals surface area (Å²) in [6.07, 6.45) is 7.37. The molecule has 176 valence electrons. The highest BCUT2D eigenvalue weighted by molar-refractivity contribution is 6.36. The van der Waals surface area contributed by atoms with Crippen LogP contribution in [0.5, 0.6) is 0 Å². The van der Waals surface area contributed by atoms with Crippen molar-refractivity contribution in [3.05, 3.63) is 64.5 Å². The number of ether oxygens (including phenoxy) is 2. The third-order valence-electron chi connectivity index (χ3n) is 5.05. The summed E-state index contributed by atoms with van der Waals surface area (Å²) in [5, 5.41) is 8.62. The fourth-order valence-electron chi connectivity index (χ4n) is 3.54. The summed E-state index contributed by atoms with van der Waals surface area (Å²) in [6.45, 7) is 9.75. The highest BCUT2D eigenvalue weighted by Crippen LogP contribution is 2.24. The van der Waals surface area contributed by atoms with Crippen molar-refractivity contribution in [2.75, 3.05) is 13.2 Å². The van der Waals surface area contributed by atoms with E-state index in [1.807, 2.05) is 6.92 Å². The quantitative estimate of drug-likeness (QED) is 0.276. The molecule has 0 atom stereocenters. The molecule has 0 aromatic carbocycles. The second-order valence-corrected chi connectivity index (χ2v) is 8.07. The second kappa shape index (κ2) is 9.60. The molecule has 0 saturated heterocycles. The molecule has 0 aliphatic carbocycles. The van der Waals surface area contributed by atoms with Crippen molar-refractivity contribution >= 4 is 40.4 Å². The van der Waals surface area contributed by atoms with Crippen molar-refractivity contribution in [2.24, 2.45) is 0 Å². The maximum absolute atomic E-state index is 12.5. The zero-order chi connectivity index (χ0) is 24.4. The molecule has 0 unspecified atom stereocenters. The normalized spacial score (nSPS) is 11.2. The molecule has 10 nitrogen and oxygen atoms in total. The average molecular weight is 483 g/mol. The Kier molecular flexibility index (Phi) is 6.60. The first-order valence-electron chi connectivity index (χ1n) is 10.7. The Balaban J connectivity index is 1.43. The van der Waals surface area contributed by atoms with Crippen LogP contribution in [-0.2, 0) is 15.9 Å². The van der Waals surface area contributed by atoms with E-state index in [9.17, 15) is 9.59 Å². The number of carbonyl (C=O) groups excluding carboxylic acids is 2. The van der Waals surface area contributed by atoms with Crippen LogP contribution in [0, 0.1) is 6.92 Å². The number of carbonyl (C=O) groups is 2. The van der Waals surface area contributed by atoms with Gasteiger partial charge in [-0.1, -0.05) is 18.2 Å². The largest absolute Gasteiger partial charge is 0.462 e. The van der Waals surface area contributed by atoms with E-state index in [1.165, 1.54) is 16.9 Å². The van der Waals surface area contributed by atoms with Gasteiger partial charge in [-0.25, -0.2) is 28.6 Å². The highest BCUT2D eigenvalue weighted by Gasteiger charge is 2.20. The lowest BCUT2D eigenvalue weighted by molar-refractivity contribution is 0.0497. The van der Waals surface area contributed by atoms with E-state index < -0.39 is 11.9 Å². The predicted octanol–water partition coefficient (Wildman–Crippen LogP) is 3.73. The van der Waals surface area contributed by atoms with Crippen molar-refractivity contribution in [2.45, 2.75) is 33.6 Å². The Morgan fingerprint density at radius 1 is 1.03 bits per heavy atom. The molecule has 4 heterocycles. The van der Waals surface area contributed by atoms with E-state index in [-0.39, 0.29) is 23.8 Å². The molecule has 4 aromatic heterocycles. The first kappa shape index (κ1) is 23.4. The molecule has 4 rings (SSSR count). The number of hydrogen-bond donors (Lipinski definition) is 0. The average Bonchev–Trinajstić information content (AvgIpc) is 3.38. The van der Waals surface area contributed by atoms with Gasteiger partial charge < -0.3 is 9.47 Å². The van der Waals surface area contributed by atoms with Crippen LogP contribution in [0.2, 0.25) is 5.02 Å². The molecule has 0 bridgehead atoms. The van der Waals surface area contributed by atoms with Gasteiger partial charge in [-0.05, 0) is 39.2 Å². The molecular formula is C23H23ClN6O4. The number of imidazole rings is 2. The van der Waals surface area contributed by atoms with Gasteiger partial charge in [0.25, 0.3) is 0 Å². The van der Waals surface area contributed by atoms with E-state index in [0.29, 0.717) is 40.8 Å². The van der Waals surface area contributed by atoms with Crippen LogP contribution in [-0.4, -0.2) is 54.3 Å². The number of aryl methyl sites for hydroxylation is 2. The minimum Gasteiger partial charge on any atom is -0.462 e. The molecule has 0 spiro atoms. The fraction of sp³-hybridized carbons (Fsp3) is 0.304. The van der Waals surface area contributed by atoms with Gasteiger partial charge in [0.1, 0.15) is 10.6 Å². The van der Waals surface area contributed by atoms with E-state index in [1.54, 1.807) is 30.8 Å². The Hall–Kier alpha value is -3.79. The van der Waals surface area contributed by atoms with Crippen molar-refractivity contribution in [3.8, 4) is 0 Å². The number of fused-ring (bicyclic) bond motifs is 2. The molecule has 11 heteroatoms. The number of rotatable bonds is 8. The lowest BCUT2D eigenvalue weighted by atomic mass is 10.1. The number of esters is 2. The Bertz CT molecular complexity index is 1420. The summed E-state index contributed by atoms with van der Waals surface area (Å²) in [4.78, 5) is 33.7. The van der Waals surface area contributed by atoms with Gasteiger partial charge in [-0.15, -0.1) is 0 Å². The van der Waals surface area contributed by atoms with E-state index in [4.69, 9.17) is 21.1 Å². The molecule has 0 N–H and O–H groups in total. The molecule has 0 saturated carbocycles. The summed E-state index contributed by atoms with van der Waals surface area (Å²) < 4.78 is 13.6. The highest BCUT2D eigenvalue weighted by atomic mass is 35.5. The van der Waals surface area contributed by atoms with Crippen LogP contribution in [0.25, 0.3) is 16.9 Å². The SMILES string of the molecule is C=C(C)c1c(C(=O)OCC)cnn2cc(CCCOC(=O)c3cnn4cc(C)nc4c3Cl)nc12. The summed E-state index contributed by atoms with van der Waals surface area (Å²) in [5.74, 6) is -1.04. The minimum absolute atomic E-state index is 0.161. The van der Waals surface area contributed by atoms with Crippen LogP contribution in [0.3, 0.4) is 0 Å². The zero-order valence-corrected chi connectivity index (χ0v) is 19.8. The van der Waals surface area contributed by atoms with Crippen LogP contribution in [0.4, 0.5) is 0 Å².